The highest BCUT2D eigenvalue weighted by atomic mass is 32.2. The number of sulfone groups is 1. The quantitative estimate of drug-likeness (QED) is 0.860. The van der Waals surface area contributed by atoms with Gasteiger partial charge in [-0.15, -0.1) is 0 Å². The summed E-state index contributed by atoms with van der Waals surface area (Å²) in [6.07, 6.45) is 6.35. The normalized spacial score (nSPS) is 12.8. The molecule has 0 saturated heterocycles. The maximum Gasteiger partial charge on any atom is 0.238 e. The lowest BCUT2D eigenvalue weighted by Gasteiger charge is -2.13. The summed E-state index contributed by atoms with van der Waals surface area (Å²) in [5.74, 6) is -0.486. The summed E-state index contributed by atoms with van der Waals surface area (Å²) < 4.78 is 24.7. The number of nitrogens with one attached hydrogen (secondary N) is 1. The molecule has 118 valence electrons. The topological polar surface area (TPSA) is 81.1 Å². The second-order valence-corrected chi connectivity index (χ2v) is 7.56. The molecule has 0 spiro atoms. The summed E-state index contributed by atoms with van der Waals surface area (Å²) in [6.45, 7) is 2.33. The average Bonchev–Trinajstić information content (AvgIpc) is 2.97. The highest BCUT2D eigenvalue weighted by Gasteiger charge is 2.23. The van der Waals surface area contributed by atoms with Gasteiger partial charge in [0.1, 0.15) is 5.25 Å². The third-order valence-electron chi connectivity index (χ3n) is 3.50. The summed E-state index contributed by atoms with van der Waals surface area (Å²) in [6, 6.07) is 7.70. The SMILES string of the molecule is C[C@@H](C(=O)NCc1ccccc1Cn1ccnc1)S(C)(=O)=O. The van der Waals surface area contributed by atoms with E-state index in [2.05, 4.69) is 10.3 Å². The average molecular weight is 321 g/mol. The van der Waals surface area contributed by atoms with E-state index in [4.69, 9.17) is 0 Å². The number of benzene rings is 1. The largest absolute Gasteiger partial charge is 0.351 e. The monoisotopic (exact) mass is 321 g/mol. The minimum Gasteiger partial charge on any atom is -0.351 e. The van der Waals surface area contributed by atoms with Gasteiger partial charge < -0.3 is 9.88 Å². The van der Waals surface area contributed by atoms with Crippen LogP contribution >= 0.6 is 0 Å². The molecule has 0 radical (unpaired) electrons. The Bertz CT molecular complexity index is 739. The standard InChI is InChI=1S/C15H19N3O3S/c1-12(22(2,20)21)15(19)17-9-13-5-3-4-6-14(13)10-18-8-7-16-11-18/h3-8,11-12H,9-10H2,1-2H3,(H,17,19)/t12-/m0/s1. The van der Waals surface area contributed by atoms with Crippen molar-refractivity contribution in [3.63, 3.8) is 0 Å². The third kappa shape index (κ3) is 4.17. The Morgan fingerprint density at radius 2 is 2.00 bits per heavy atom. The van der Waals surface area contributed by atoms with Crippen molar-refractivity contribution in [2.75, 3.05) is 6.26 Å². The van der Waals surface area contributed by atoms with Crippen molar-refractivity contribution in [2.45, 2.75) is 25.3 Å². The van der Waals surface area contributed by atoms with E-state index >= 15 is 0 Å². The second-order valence-electron chi connectivity index (χ2n) is 5.19. The van der Waals surface area contributed by atoms with E-state index in [9.17, 15) is 13.2 Å². The van der Waals surface area contributed by atoms with Crippen LogP contribution in [0.15, 0.2) is 43.0 Å². The summed E-state index contributed by atoms with van der Waals surface area (Å²) in [5, 5.41) is 1.63. The van der Waals surface area contributed by atoms with Gasteiger partial charge in [-0.1, -0.05) is 24.3 Å². The Kier molecular flexibility index (Phi) is 4.97. The Labute approximate surface area is 130 Å². The van der Waals surface area contributed by atoms with Gasteiger partial charge in [-0.2, -0.15) is 0 Å². The van der Waals surface area contributed by atoms with Crippen molar-refractivity contribution in [3.05, 3.63) is 54.1 Å². The van der Waals surface area contributed by atoms with Gasteiger partial charge in [-0.3, -0.25) is 4.79 Å². The zero-order valence-corrected chi connectivity index (χ0v) is 13.4. The number of nitrogens with zero attached hydrogens (tertiary/aromatic N) is 2. The minimum absolute atomic E-state index is 0.295. The number of rotatable bonds is 6. The Morgan fingerprint density at radius 1 is 1.32 bits per heavy atom. The second kappa shape index (κ2) is 6.74. The molecule has 6 nitrogen and oxygen atoms in total. The van der Waals surface area contributed by atoms with Crippen LogP contribution in [0.25, 0.3) is 0 Å². The predicted octanol–water partition coefficient (Wildman–Crippen LogP) is 0.981. The number of carbonyl (C=O) groups excluding carboxylic acids is 1. The molecule has 0 bridgehead atoms. The zero-order chi connectivity index (χ0) is 16.2. The molecule has 0 fully saturated rings. The van der Waals surface area contributed by atoms with Crippen LogP contribution < -0.4 is 5.32 Å². The van der Waals surface area contributed by atoms with Crippen LogP contribution in [0.1, 0.15) is 18.1 Å². The van der Waals surface area contributed by atoms with Crippen molar-refractivity contribution in [1.82, 2.24) is 14.9 Å². The molecule has 0 saturated carbocycles. The zero-order valence-electron chi connectivity index (χ0n) is 12.6. The molecule has 0 aliphatic heterocycles. The molecule has 0 aliphatic rings. The van der Waals surface area contributed by atoms with E-state index in [0.29, 0.717) is 13.1 Å². The Morgan fingerprint density at radius 3 is 2.59 bits per heavy atom. The molecule has 0 unspecified atom stereocenters. The number of carbonyl (C=O) groups is 1. The number of hydrogen-bond donors (Lipinski definition) is 1. The van der Waals surface area contributed by atoms with Crippen LogP contribution in [0.2, 0.25) is 0 Å². The van der Waals surface area contributed by atoms with Gasteiger partial charge in [0.25, 0.3) is 0 Å². The first-order valence-electron chi connectivity index (χ1n) is 6.87. The fraction of sp³-hybridized carbons (Fsp3) is 0.333. The van der Waals surface area contributed by atoms with Gasteiger partial charge in [0.2, 0.25) is 5.91 Å². The highest BCUT2D eigenvalue weighted by Crippen LogP contribution is 2.11. The molecule has 22 heavy (non-hydrogen) atoms. The van der Waals surface area contributed by atoms with Gasteiger partial charge in [-0.25, -0.2) is 13.4 Å². The van der Waals surface area contributed by atoms with Crippen molar-refractivity contribution < 1.29 is 13.2 Å². The van der Waals surface area contributed by atoms with Crippen LogP contribution in [0.4, 0.5) is 0 Å². The van der Waals surface area contributed by atoms with E-state index in [1.807, 2.05) is 35.0 Å². The molecule has 7 heteroatoms. The molecule has 1 N–H and O–H groups in total. The predicted molar refractivity (Wildman–Crippen MR) is 83.9 cm³/mol. The maximum atomic E-state index is 11.9. The first-order chi connectivity index (χ1) is 10.4. The van der Waals surface area contributed by atoms with Gasteiger partial charge in [-0.05, 0) is 18.1 Å². The Balaban J connectivity index is 2.06. The maximum absolute atomic E-state index is 11.9. The first kappa shape index (κ1) is 16.2. The fourth-order valence-electron chi connectivity index (χ4n) is 1.98. The van der Waals surface area contributed by atoms with E-state index in [1.54, 1.807) is 12.5 Å². The van der Waals surface area contributed by atoms with Crippen LogP contribution in [0, 0.1) is 0 Å². The van der Waals surface area contributed by atoms with E-state index in [-0.39, 0.29) is 0 Å². The summed E-state index contributed by atoms with van der Waals surface area (Å²) in [7, 11) is -3.38. The molecular weight excluding hydrogens is 302 g/mol. The smallest absolute Gasteiger partial charge is 0.238 e. The highest BCUT2D eigenvalue weighted by molar-refractivity contribution is 7.92. The first-order valence-corrected chi connectivity index (χ1v) is 8.82. The lowest BCUT2D eigenvalue weighted by molar-refractivity contribution is -0.120. The molecule has 1 amide bonds. The third-order valence-corrected chi connectivity index (χ3v) is 4.99. The van der Waals surface area contributed by atoms with Gasteiger partial charge >= 0.3 is 0 Å². The number of imidazole rings is 1. The van der Waals surface area contributed by atoms with Crippen molar-refractivity contribution in [1.29, 1.82) is 0 Å². The Hall–Kier alpha value is -2.15. The molecule has 2 rings (SSSR count). The van der Waals surface area contributed by atoms with E-state index in [1.165, 1.54) is 6.92 Å². The molecular formula is C15H19N3O3S. The lowest BCUT2D eigenvalue weighted by atomic mass is 10.1. The summed E-state index contributed by atoms with van der Waals surface area (Å²) in [4.78, 5) is 15.9. The van der Waals surface area contributed by atoms with Crippen molar-refractivity contribution >= 4 is 15.7 Å². The van der Waals surface area contributed by atoms with Crippen molar-refractivity contribution in [2.24, 2.45) is 0 Å². The lowest BCUT2D eigenvalue weighted by Crippen LogP contribution is -2.37. The van der Waals surface area contributed by atoms with E-state index < -0.39 is 21.0 Å². The summed E-state index contributed by atoms with van der Waals surface area (Å²) in [5.41, 5.74) is 2.00. The number of amides is 1. The number of aromatic nitrogens is 2. The van der Waals surface area contributed by atoms with Gasteiger partial charge in [0, 0.05) is 31.7 Å². The summed E-state index contributed by atoms with van der Waals surface area (Å²) >= 11 is 0. The fourth-order valence-corrected chi connectivity index (χ4v) is 2.45. The molecule has 1 atom stereocenters. The van der Waals surface area contributed by atoms with Crippen LogP contribution in [0.5, 0.6) is 0 Å². The molecule has 1 aromatic carbocycles. The van der Waals surface area contributed by atoms with Gasteiger partial charge in [0.05, 0.1) is 6.33 Å². The molecule has 2 aromatic rings. The van der Waals surface area contributed by atoms with Crippen LogP contribution in [0.3, 0.4) is 0 Å². The minimum atomic E-state index is -3.38. The van der Waals surface area contributed by atoms with E-state index in [0.717, 1.165) is 17.4 Å². The van der Waals surface area contributed by atoms with Crippen LogP contribution in [-0.2, 0) is 27.7 Å². The molecule has 0 aliphatic carbocycles. The number of hydrogen-bond acceptors (Lipinski definition) is 4. The molecule has 1 heterocycles. The van der Waals surface area contributed by atoms with Crippen molar-refractivity contribution in [3.8, 4) is 0 Å². The van der Waals surface area contributed by atoms with Gasteiger partial charge in [0.15, 0.2) is 9.84 Å². The molecule has 1 aromatic heterocycles. The van der Waals surface area contributed by atoms with Crippen LogP contribution in [-0.4, -0.2) is 35.4 Å².